The van der Waals surface area contributed by atoms with Crippen molar-refractivity contribution in [3.8, 4) is 18.1 Å². The number of benzene rings is 1. The Labute approximate surface area is 109 Å². The molecule has 0 unspecified atom stereocenters. The van der Waals surface area contributed by atoms with Crippen molar-refractivity contribution in [1.82, 2.24) is 0 Å². The van der Waals surface area contributed by atoms with Crippen molar-refractivity contribution >= 4 is 0 Å². The van der Waals surface area contributed by atoms with Crippen molar-refractivity contribution in [3.63, 3.8) is 0 Å². The number of hydrogen-bond acceptors (Lipinski definition) is 1. The van der Waals surface area contributed by atoms with Gasteiger partial charge in [0.25, 0.3) is 0 Å². The molecule has 0 spiro atoms. The van der Waals surface area contributed by atoms with Gasteiger partial charge in [0.1, 0.15) is 0 Å². The SMILES string of the molecule is C#CCc1ccc([O-])cc1.[K+]. The van der Waals surface area contributed by atoms with Gasteiger partial charge in [0.15, 0.2) is 0 Å². The molecular formula is C9H7KO. The van der Waals surface area contributed by atoms with Gasteiger partial charge in [-0.2, -0.15) is 0 Å². The number of rotatable bonds is 1. The van der Waals surface area contributed by atoms with E-state index in [0.29, 0.717) is 6.42 Å². The summed E-state index contributed by atoms with van der Waals surface area (Å²) >= 11 is 0. The Hall–Kier alpha value is 0.216. The van der Waals surface area contributed by atoms with Crippen molar-refractivity contribution in [3.05, 3.63) is 29.8 Å². The maximum absolute atomic E-state index is 10.6. The Morgan fingerprint density at radius 2 is 1.82 bits per heavy atom. The molecule has 1 aromatic carbocycles. The molecule has 50 valence electrons. The summed E-state index contributed by atoms with van der Waals surface area (Å²) in [5.74, 6) is 2.53. The van der Waals surface area contributed by atoms with Gasteiger partial charge in [0.05, 0.1) is 0 Å². The van der Waals surface area contributed by atoms with E-state index in [2.05, 4.69) is 5.92 Å². The predicted molar refractivity (Wildman–Crippen MR) is 38.4 cm³/mol. The molecule has 0 aromatic heterocycles. The quantitative estimate of drug-likeness (QED) is 0.351. The van der Waals surface area contributed by atoms with Crippen LogP contribution in [0.3, 0.4) is 0 Å². The largest absolute Gasteiger partial charge is 1.00 e. The van der Waals surface area contributed by atoms with Crippen molar-refractivity contribution in [2.24, 2.45) is 0 Å². The summed E-state index contributed by atoms with van der Waals surface area (Å²) in [5, 5.41) is 10.6. The summed E-state index contributed by atoms with van der Waals surface area (Å²) in [4.78, 5) is 0. The van der Waals surface area contributed by atoms with E-state index < -0.39 is 0 Å². The Morgan fingerprint density at radius 1 is 1.27 bits per heavy atom. The Morgan fingerprint density at radius 3 is 2.27 bits per heavy atom. The van der Waals surface area contributed by atoms with E-state index in [0.717, 1.165) is 5.56 Å². The molecule has 0 amide bonds. The zero-order valence-corrected chi connectivity index (χ0v) is 9.63. The van der Waals surface area contributed by atoms with E-state index in [-0.39, 0.29) is 57.1 Å². The molecular weight excluding hydrogens is 163 g/mol. The molecule has 1 nitrogen and oxygen atoms in total. The minimum Gasteiger partial charge on any atom is -0.872 e. The van der Waals surface area contributed by atoms with E-state index in [4.69, 9.17) is 6.42 Å². The van der Waals surface area contributed by atoms with Gasteiger partial charge in [0.2, 0.25) is 0 Å². The summed E-state index contributed by atoms with van der Waals surface area (Å²) in [5.41, 5.74) is 1.02. The first-order valence-electron chi connectivity index (χ1n) is 3.02. The predicted octanol–water partition coefficient (Wildman–Crippen LogP) is -2.06. The Kier molecular flexibility index (Phi) is 5.93. The minimum absolute atomic E-state index is 0. The van der Waals surface area contributed by atoms with E-state index in [1.54, 1.807) is 12.1 Å². The monoisotopic (exact) mass is 170 g/mol. The van der Waals surface area contributed by atoms with Crippen LogP contribution < -0.4 is 56.5 Å². The first kappa shape index (κ1) is 11.2. The zero-order chi connectivity index (χ0) is 7.40. The smallest absolute Gasteiger partial charge is 0.872 e. The fraction of sp³-hybridized carbons (Fsp3) is 0.111. The van der Waals surface area contributed by atoms with E-state index in [1.165, 1.54) is 12.1 Å². The van der Waals surface area contributed by atoms with E-state index in [9.17, 15) is 5.11 Å². The van der Waals surface area contributed by atoms with Crippen molar-refractivity contribution in [2.45, 2.75) is 6.42 Å². The Bertz CT molecular complexity index is 245. The van der Waals surface area contributed by atoms with Gasteiger partial charge < -0.3 is 5.11 Å². The van der Waals surface area contributed by atoms with Crippen LogP contribution in [0.5, 0.6) is 5.75 Å². The molecule has 0 radical (unpaired) electrons. The van der Waals surface area contributed by atoms with Gasteiger partial charge in [0, 0.05) is 6.42 Å². The van der Waals surface area contributed by atoms with Crippen LogP contribution in [-0.2, 0) is 6.42 Å². The van der Waals surface area contributed by atoms with Crippen molar-refractivity contribution < 1.29 is 56.5 Å². The van der Waals surface area contributed by atoms with E-state index >= 15 is 0 Å². The second-order valence-electron chi connectivity index (χ2n) is 2.02. The summed E-state index contributed by atoms with van der Waals surface area (Å²) in [6.45, 7) is 0. The van der Waals surface area contributed by atoms with Crippen LogP contribution >= 0.6 is 0 Å². The van der Waals surface area contributed by atoms with Gasteiger partial charge in [-0.1, -0.05) is 24.3 Å². The third-order valence-corrected chi connectivity index (χ3v) is 1.23. The maximum Gasteiger partial charge on any atom is 1.00 e. The summed E-state index contributed by atoms with van der Waals surface area (Å²) in [7, 11) is 0. The molecule has 0 aliphatic heterocycles. The average molecular weight is 170 g/mol. The van der Waals surface area contributed by atoms with Crippen LogP contribution in [0.4, 0.5) is 0 Å². The molecule has 0 aliphatic rings. The van der Waals surface area contributed by atoms with Crippen molar-refractivity contribution in [2.75, 3.05) is 0 Å². The van der Waals surface area contributed by atoms with Gasteiger partial charge >= 0.3 is 51.4 Å². The molecule has 0 heterocycles. The molecule has 0 saturated carbocycles. The van der Waals surface area contributed by atoms with Crippen LogP contribution in [0, 0.1) is 12.3 Å². The van der Waals surface area contributed by atoms with Crippen molar-refractivity contribution in [1.29, 1.82) is 0 Å². The molecule has 0 aliphatic carbocycles. The topological polar surface area (TPSA) is 23.1 Å². The molecule has 1 aromatic rings. The molecule has 1 rings (SSSR count). The summed E-state index contributed by atoms with van der Waals surface area (Å²) in [6.07, 6.45) is 5.67. The second-order valence-corrected chi connectivity index (χ2v) is 2.02. The molecule has 0 fully saturated rings. The molecule has 0 N–H and O–H groups in total. The fourth-order valence-electron chi connectivity index (χ4n) is 0.725. The average Bonchev–Trinajstić information content (AvgIpc) is 1.95. The van der Waals surface area contributed by atoms with Crippen LogP contribution in [-0.4, -0.2) is 0 Å². The first-order chi connectivity index (χ1) is 4.83. The molecule has 0 saturated heterocycles. The molecule has 2 heteroatoms. The maximum atomic E-state index is 10.6. The summed E-state index contributed by atoms with van der Waals surface area (Å²) < 4.78 is 0. The number of hydrogen-bond donors (Lipinski definition) is 0. The third-order valence-electron chi connectivity index (χ3n) is 1.23. The van der Waals surface area contributed by atoms with Gasteiger partial charge in [-0.3, -0.25) is 0 Å². The van der Waals surface area contributed by atoms with Crippen LogP contribution in [0.25, 0.3) is 0 Å². The Balaban J connectivity index is 0.000001000. The van der Waals surface area contributed by atoms with Crippen LogP contribution in [0.1, 0.15) is 5.56 Å². The van der Waals surface area contributed by atoms with Gasteiger partial charge in [-0.15, -0.1) is 18.1 Å². The minimum atomic E-state index is 0. The first-order valence-corrected chi connectivity index (χ1v) is 3.02. The second kappa shape index (κ2) is 5.81. The standard InChI is InChI=1S/C9H8O.K/c1-2-3-8-4-6-9(10)7-5-8;/h1,4-7,10H,3H2;/q;+1/p-1. The summed E-state index contributed by atoms with van der Waals surface area (Å²) in [6, 6.07) is 6.55. The number of terminal acetylenes is 1. The normalized spacial score (nSPS) is 7.91. The van der Waals surface area contributed by atoms with Crippen LogP contribution in [0.15, 0.2) is 24.3 Å². The molecule has 0 bridgehead atoms. The molecule has 0 atom stereocenters. The third kappa shape index (κ3) is 3.95. The zero-order valence-electron chi connectivity index (χ0n) is 6.50. The van der Waals surface area contributed by atoms with Gasteiger partial charge in [-0.05, 0) is 5.56 Å². The van der Waals surface area contributed by atoms with E-state index in [1.807, 2.05) is 0 Å². The van der Waals surface area contributed by atoms with Gasteiger partial charge in [-0.25, -0.2) is 0 Å². The fourth-order valence-corrected chi connectivity index (χ4v) is 0.725. The van der Waals surface area contributed by atoms with Crippen LogP contribution in [0.2, 0.25) is 0 Å². The molecule has 11 heavy (non-hydrogen) atoms.